The number of thioether (sulfide) groups is 1. The predicted octanol–water partition coefficient (Wildman–Crippen LogP) is 5.46. The van der Waals surface area contributed by atoms with Crippen LogP contribution >= 0.6 is 11.8 Å². The van der Waals surface area contributed by atoms with E-state index in [1.165, 1.54) is 25.0 Å². The highest BCUT2D eigenvalue weighted by molar-refractivity contribution is 7.99. The second kappa shape index (κ2) is 17.1. The molecule has 3 N–H and O–H groups in total. The molecule has 3 aliphatic rings. The summed E-state index contributed by atoms with van der Waals surface area (Å²) in [7, 11) is 2.14. The van der Waals surface area contributed by atoms with E-state index < -0.39 is 11.4 Å². The minimum atomic E-state index is -0.573. The zero-order chi connectivity index (χ0) is 34.0. The van der Waals surface area contributed by atoms with Gasteiger partial charge in [0.15, 0.2) is 0 Å². The highest BCUT2D eigenvalue weighted by atomic mass is 32.2. The van der Waals surface area contributed by atoms with Crippen molar-refractivity contribution in [1.29, 1.82) is 0 Å². The molecule has 3 fully saturated rings. The number of hydrogen-bond acceptors (Lipinski definition) is 9. The number of anilines is 2. The highest BCUT2D eigenvalue weighted by Gasteiger charge is 2.23. The minimum Gasteiger partial charge on any atom is -0.493 e. The fourth-order valence-corrected chi connectivity index (χ4v) is 6.97. The third-order valence-corrected chi connectivity index (χ3v) is 10.3. The molecular weight excluding hydrogens is 638 g/mol. The Bertz CT molecular complexity index is 1610. The second-order valence-electron chi connectivity index (χ2n) is 13.0. The van der Waals surface area contributed by atoms with Crippen molar-refractivity contribution in [2.75, 3.05) is 50.1 Å². The molecular formula is C35H46F2N6O4S. The molecule has 1 aromatic heterocycles. The van der Waals surface area contributed by atoms with Crippen LogP contribution < -0.4 is 25.8 Å². The van der Waals surface area contributed by atoms with Gasteiger partial charge in [-0.3, -0.25) is 19.7 Å². The Morgan fingerprint density at radius 2 is 1.85 bits per heavy atom. The molecule has 10 nitrogen and oxygen atoms in total. The molecule has 13 heteroatoms. The van der Waals surface area contributed by atoms with E-state index in [0.717, 1.165) is 51.9 Å². The lowest BCUT2D eigenvalue weighted by Gasteiger charge is -2.28. The average Bonchev–Trinajstić information content (AvgIpc) is 3.73. The number of imide groups is 1. The van der Waals surface area contributed by atoms with Crippen molar-refractivity contribution in [3.05, 3.63) is 58.1 Å². The molecule has 2 aromatic carbocycles. The molecule has 0 bridgehead atoms. The van der Waals surface area contributed by atoms with E-state index in [0.29, 0.717) is 64.8 Å². The molecule has 2 amide bonds. The van der Waals surface area contributed by atoms with Crippen molar-refractivity contribution in [3.8, 4) is 5.75 Å². The van der Waals surface area contributed by atoms with Gasteiger partial charge in [-0.05, 0) is 96.1 Å². The van der Waals surface area contributed by atoms with E-state index >= 15 is 0 Å². The van der Waals surface area contributed by atoms with Gasteiger partial charge in [-0.25, -0.2) is 13.8 Å². The van der Waals surface area contributed by atoms with Crippen LogP contribution in [0.2, 0.25) is 0 Å². The Morgan fingerprint density at radius 1 is 1.10 bits per heavy atom. The fraction of sp³-hybridized carbons (Fsp3) is 0.543. The van der Waals surface area contributed by atoms with E-state index in [-0.39, 0.29) is 29.6 Å². The number of aromatic amines is 1. The molecule has 2 saturated heterocycles. The molecule has 1 aliphatic carbocycles. The van der Waals surface area contributed by atoms with Crippen LogP contribution in [0.4, 0.5) is 20.2 Å². The number of carbonyl (C=O) groups is 2. The average molecular weight is 685 g/mol. The van der Waals surface area contributed by atoms with Crippen LogP contribution in [0.3, 0.4) is 0 Å². The van der Waals surface area contributed by atoms with Crippen LogP contribution in [0.25, 0.3) is 10.9 Å². The largest absolute Gasteiger partial charge is 0.493 e. The Labute approximate surface area is 284 Å². The smallest absolute Gasteiger partial charge is 0.261 e. The number of rotatable bonds is 13. The first-order chi connectivity index (χ1) is 23.2. The lowest BCUT2D eigenvalue weighted by Crippen LogP contribution is -2.31. The Morgan fingerprint density at radius 3 is 2.54 bits per heavy atom. The van der Waals surface area contributed by atoms with Crippen LogP contribution in [-0.4, -0.2) is 78.3 Å². The van der Waals surface area contributed by atoms with Crippen LogP contribution in [0.1, 0.15) is 64.1 Å². The van der Waals surface area contributed by atoms with Gasteiger partial charge in [-0.1, -0.05) is 0 Å². The van der Waals surface area contributed by atoms with Crippen LogP contribution in [0, 0.1) is 17.6 Å². The first-order valence-corrected chi connectivity index (χ1v) is 17.9. The predicted molar refractivity (Wildman–Crippen MR) is 187 cm³/mol. The van der Waals surface area contributed by atoms with Gasteiger partial charge in [-0.2, -0.15) is 11.8 Å². The summed E-state index contributed by atoms with van der Waals surface area (Å²) in [6, 6.07) is 8.13. The van der Waals surface area contributed by atoms with Crippen LogP contribution in [-0.2, 0) is 15.3 Å². The maximum absolute atomic E-state index is 14.3. The molecule has 3 heterocycles. The van der Waals surface area contributed by atoms with Crippen molar-refractivity contribution < 1.29 is 23.1 Å². The third-order valence-electron chi connectivity index (χ3n) is 8.92. The molecule has 2 aliphatic heterocycles. The zero-order valence-electron chi connectivity index (χ0n) is 27.7. The number of ether oxygens (including phenoxy) is 1. The number of nitrogens with zero attached hydrogens (tertiary/aromatic N) is 3. The summed E-state index contributed by atoms with van der Waals surface area (Å²) in [6.07, 6.45) is 8.06. The maximum atomic E-state index is 14.3. The number of H-pyrrole nitrogens is 1. The van der Waals surface area contributed by atoms with Crippen molar-refractivity contribution in [1.82, 2.24) is 20.2 Å². The first-order valence-electron chi connectivity index (χ1n) is 16.9. The first kappa shape index (κ1) is 35.6. The summed E-state index contributed by atoms with van der Waals surface area (Å²) in [5.74, 6) is 1.17. The number of hydrogen-bond donors (Lipinski definition) is 3. The van der Waals surface area contributed by atoms with Gasteiger partial charge in [0, 0.05) is 48.6 Å². The minimum absolute atomic E-state index is 0.00874. The van der Waals surface area contributed by atoms with E-state index in [9.17, 15) is 23.2 Å². The molecule has 3 aromatic rings. The fourth-order valence-electron chi connectivity index (χ4n) is 5.90. The van der Waals surface area contributed by atoms with Crippen molar-refractivity contribution in [2.24, 2.45) is 5.92 Å². The molecule has 0 spiro atoms. The van der Waals surface area contributed by atoms with Gasteiger partial charge in [0.2, 0.25) is 12.3 Å². The Balaban J connectivity index is 0.000000191. The number of fused-ring (bicyclic) bond motifs is 1. The molecule has 260 valence electrons. The summed E-state index contributed by atoms with van der Waals surface area (Å²) >= 11 is 1.82. The summed E-state index contributed by atoms with van der Waals surface area (Å²) < 4.78 is 34.2. The van der Waals surface area contributed by atoms with Gasteiger partial charge < -0.3 is 24.8 Å². The molecule has 48 heavy (non-hydrogen) atoms. The number of amides is 2. The summed E-state index contributed by atoms with van der Waals surface area (Å²) in [4.78, 5) is 45.3. The highest BCUT2D eigenvalue weighted by Crippen LogP contribution is 2.31. The quantitative estimate of drug-likeness (QED) is 0.202. The maximum Gasteiger partial charge on any atom is 0.261 e. The Hall–Kier alpha value is -3.71. The zero-order valence-corrected chi connectivity index (χ0v) is 28.6. The lowest BCUT2D eigenvalue weighted by atomic mass is 10.1. The van der Waals surface area contributed by atoms with E-state index in [1.807, 2.05) is 24.8 Å². The van der Waals surface area contributed by atoms with Gasteiger partial charge >= 0.3 is 0 Å². The van der Waals surface area contributed by atoms with Crippen molar-refractivity contribution in [3.63, 3.8) is 0 Å². The van der Waals surface area contributed by atoms with E-state index in [1.54, 1.807) is 12.1 Å². The normalized spacial score (nSPS) is 17.5. The topological polar surface area (TPSA) is 120 Å². The summed E-state index contributed by atoms with van der Waals surface area (Å²) in [6.45, 7) is 6.55. The molecule has 1 saturated carbocycles. The summed E-state index contributed by atoms with van der Waals surface area (Å²) in [5.41, 5.74) is 1.31. The van der Waals surface area contributed by atoms with E-state index in [4.69, 9.17) is 4.74 Å². The Kier molecular flexibility index (Phi) is 12.7. The number of halogens is 2. The van der Waals surface area contributed by atoms with E-state index in [2.05, 4.69) is 37.4 Å². The molecule has 6 rings (SSSR count). The number of carbonyl (C=O) groups excluding carboxylic acids is 2. The van der Waals surface area contributed by atoms with Crippen LogP contribution in [0.5, 0.6) is 5.75 Å². The monoisotopic (exact) mass is 684 g/mol. The molecule has 1 unspecified atom stereocenters. The number of nitrogens with one attached hydrogen (secondary N) is 3. The van der Waals surface area contributed by atoms with Crippen molar-refractivity contribution in [2.45, 2.75) is 75.3 Å². The SMILES string of the molecule is CC(CCC(=O)NC=O)Nc1ccc(N2CCCC2)c(F)c1.CN1CCC(SCc2nc3cc(OCC4CC4)cc(F)c3c(=O)[nH]2)CC1. The lowest BCUT2D eigenvalue weighted by molar-refractivity contribution is -0.125. The number of aromatic nitrogens is 2. The number of piperidine rings is 1. The van der Waals surface area contributed by atoms with Crippen molar-refractivity contribution >= 4 is 46.4 Å². The molecule has 1 atom stereocenters. The number of benzene rings is 2. The summed E-state index contributed by atoms with van der Waals surface area (Å²) in [5, 5.41) is 5.86. The van der Waals surface area contributed by atoms with Crippen LogP contribution in [0.15, 0.2) is 35.1 Å². The van der Waals surface area contributed by atoms with Gasteiger partial charge in [0.05, 0.1) is 23.6 Å². The molecule has 0 radical (unpaired) electrons. The standard InChI is InChI=1S/C19H24FN3O2S.C16H22FN3O2/c1-23-6-4-14(5-7-23)26-11-17-21-16-9-13(25-10-12-2-3-12)8-15(20)18(16)19(24)22-17;1-12(4-7-16(22)18-11-21)19-13-5-6-15(14(17)10-13)20-8-2-3-9-20/h8-9,12,14H,2-7,10-11H2,1H3,(H,21,22,24);5-6,10-12,19H,2-4,7-9H2,1H3,(H,18,21,22). The van der Waals surface area contributed by atoms with Gasteiger partial charge in [-0.15, -0.1) is 0 Å². The number of likely N-dealkylation sites (tertiary alicyclic amines) is 1. The third kappa shape index (κ3) is 10.4. The van der Waals surface area contributed by atoms with Gasteiger partial charge in [0.1, 0.15) is 28.6 Å². The van der Waals surface area contributed by atoms with Gasteiger partial charge in [0.25, 0.3) is 5.56 Å². The second-order valence-corrected chi connectivity index (χ2v) is 14.3.